The molecule has 13 nitrogen and oxygen atoms in total. The van der Waals surface area contributed by atoms with Gasteiger partial charge in [-0.15, -0.1) is 0 Å². The van der Waals surface area contributed by atoms with Gasteiger partial charge in [-0.05, 0) is 68.6 Å². The van der Waals surface area contributed by atoms with Crippen LogP contribution in [0.15, 0.2) is 24.0 Å². The number of benzene rings is 1. The zero-order valence-electron chi connectivity index (χ0n) is 25.1. The molecular formula is C31H39NO12. The number of carbonyl (C=O) groups excluding carboxylic acids is 3. The predicted octanol–water partition coefficient (Wildman–Crippen LogP) is 0.881. The molecule has 3 aliphatic carbocycles. The quantitative estimate of drug-likeness (QED) is 0.220. The lowest BCUT2D eigenvalue weighted by atomic mass is 9.47. The van der Waals surface area contributed by atoms with Crippen molar-refractivity contribution in [2.75, 3.05) is 7.11 Å². The molecule has 5 N–H and O–H groups in total. The minimum atomic E-state index is -2.41. The molecule has 1 aromatic carbocycles. The maximum atomic E-state index is 13.0. The van der Waals surface area contributed by atoms with Gasteiger partial charge in [0.05, 0.1) is 18.1 Å². The third kappa shape index (κ3) is 5.00. The summed E-state index contributed by atoms with van der Waals surface area (Å²) < 4.78 is 22.4. The maximum Gasteiger partial charge on any atom is 0.343 e. The Balaban J connectivity index is 1.29. The van der Waals surface area contributed by atoms with Crippen molar-refractivity contribution < 1.29 is 58.6 Å². The fourth-order valence-corrected chi connectivity index (χ4v) is 7.40. The monoisotopic (exact) mass is 617 g/mol. The van der Waals surface area contributed by atoms with Crippen molar-refractivity contribution in [1.82, 2.24) is 5.32 Å². The van der Waals surface area contributed by atoms with Gasteiger partial charge in [-0.3, -0.25) is 4.79 Å². The molecule has 240 valence electrons. The van der Waals surface area contributed by atoms with Crippen LogP contribution in [-0.2, 0) is 40.5 Å². The molecule has 2 bridgehead atoms. The standard InChI is InChI=1S/C31H39NO12/c1-14(2)12-18(27(36)37)32-26(35)15(3)42-28(38)22(33)23(34)29(39)43-20-9-11-31(40)17-6-5-10-30(31)21-16(13-17)7-8-19(41-4)24(21)44-25(20)30/h7-9,14-15,17-18,22-23,25,33-34,40H,5-6,10-13H2,1-4H3,(H,32,35)(H,36,37)/t15-,17-,18-,22+,23+,25+,30+,31-/m0/s1. The first-order valence-electron chi connectivity index (χ1n) is 14.9. The highest BCUT2D eigenvalue weighted by molar-refractivity contribution is 5.90. The molecule has 1 aliphatic heterocycles. The SMILES string of the molecule is COc1ccc2c3c1O[C@@H]1C(OC(=O)[C@H](O)[C@@H](O)C(=O)O[C@@H](C)C(=O)N[C@@H](CC(C)C)C(=O)O)=CC[C@]4(O)[C@@H](CCC[C@@]314)C2. The van der Waals surface area contributed by atoms with E-state index >= 15 is 0 Å². The normalized spacial score (nSPS) is 28.8. The van der Waals surface area contributed by atoms with Crippen molar-refractivity contribution in [2.45, 2.75) is 101 Å². The molecule has 4 aliphatic rings. The molecule has 1 amide bonds. The Hall–Kier alpha value is -3.68. The summed E-state index contributed by atoms with van der Waals surface area (Å²) in [5, 5.41) is 44.7. The predicted molar refractivity (Wildman–Crippen MR) is 150 cm³/mol. The average molecular weight is 618 g/mol. The lowest BCUT2D eigenvalue weighted by Gasteiger charge is -2.59. The van der Waals surface area contributed by atoms with Crippen LogP contribution in [0.2, 0.25) is 0 Å². The molecule has 0 radical (unpaired) electrons. The fourth-order valence-electron chi connectivity index (χ4n) is 7.40. The van der Waals surface area contributed by atoms with Crippen LogP contribution in [0.1, 0.15) is 64.0 Å². The van der Waals surface area contributed by atoms with E-state index in [2.05, 4.69) is 5.32 Å². The minimum absolute atomic E-state index is 0.0312. The van der Waals surface area contributed by atoms with Crippen LogP contribution >= 0.6 is 0 Å². The van der Waals surface area contributed by atoms with Crippen molar-refractivity contribution >= 4 is 23.8 Å². The van der Waals surface area contributed by atoms with E-state index in [0.717, 1.165) is 30.9 Å². The molecule has 8 atom stereocenters. The van der Waals surface area contributed by atoms with Crippen LogP contribution in [0.25, 0.3) is 0 Å². The Morgan fingerprint density at radius 1 is 1.11 bits per heavy atom. The smallest absolute Gasteiger partial charge is 0.343 e. The highest BCUT2D eigenvalue weighted by Crippen LogP contribution is 2.67. The van der Waals surface area contributed by atoms with Gasteiger partial charge in [0.2, 0.25) is 0 Å². The van der Waals surface area contributed by atoms with Crippen molar-refractivity contribution in [2.24, 2.45) is 11.8 Å². The van der Waals surface area contributed by atoms with Crippen LogP contribution in [0.4, 0.5) is 0 Å². The van der Waals surface area contributed by atoms with E-state index in [1.165, 1.54) is 7.11 Å². The van der Waals surface area contributed by atoms with Gasteiger partial charge in [0, 0.05) is 5.56 Å². The number of hydrogen-bond acceptors (Lipinski definition) is 11. The molecule has 1 spiro atoms. The Kier molecular flexibility index (Phi) is 8.42. The third-order valence-corrected chi connectivity index (χ3v) is 9.45. The van der Waals surface area contributed by atoms with E-state index in [1.54, 1.807) is 26.0 Å². The van der Waals surface area contributed by atoms with Crippen LogP contribution in [0.3, 0.4) is 0 Å². The van der Waals surface area contributed by atoms with Gasteiger partial charge in [-0.1, -0.05) is 26.3 Å². The number of aliphatic carboxylic acids is 1. The van der Waals surface area contributed by atoms with Crippen molar-refractivity contribution in [3.8, 4) is 11.5 Å². The second kappa shape index (κ2) is 11.7. The van der Waals surface area contributed by atoms with Crippen LogP contribution in [0.5, 0.6) is 11.5 Å². The van der Waals surface area contributed by atoms with E-state index in [9.17, 15) is 39.6 Å². The van der Waals surface area contributed by atoms with E-state index in [0.29, 0.717) is 24.3 Å². The molecule has 1 saturated carbocycles. The van der Waals surface area contributed by atoms with E-state index in [4.69, 9.17) is 18.9 Å². The zero-order chi connectivity index (χ0) is 32.1. The van der Waals surface area contributed by atoms with Gasteiger partial charge in [0.15, 0.2) is 35.9 Å². The highest BCUT2D eigenvalue weighted by Gasteiger charge is 2.71. The van der Waals surface area contributed by atoms with Crippen molar-refractivity contribution in [3.05, 3.63) is 35.1 Å². The number of rotatable bonds is 11. The number of methoxy groups -OCH3 is 1. The number of carbonyl (C=O) groups is 4. The fraction of sp³-hybridized carbons (Fsp3) is 0.613. The third-order valence-electron chi connectivity index (χ3n) is 9.45. The Labute approximate surface area is 254 Å². The first-order chi connectivity index (χ1) is 20.7. The molecule has 1 heterocycles. The summed E-state index contributed by atoms with van der Waals surface area (Å²) in [5.41, 5.74) is -0.228. The number of esters is 2. The first kappa shape index (κ1) is 31.7. The van der Waals surface area contributed by atoms with Gasteiger partial charge in [0.25, 0.3) is 5.91 Å². The summed E-state index contributed by atoms with van der Waals surface area (Å²) in [6.07, 6.45) is -2.55. The topological polar surface area (TPSA) is 198 Å². The summed E-state index contributed by atoms with van der Waals surface area (Å²) in [6, 6.07) is 2.54. The number of carboxylic acids is 1. The van der Waals surface area contributed by atoms with Gasteiger partial charge < -0.3 is 44.7 Å². The number of amides is 1. The van der Waals surface area contributed by atoms with Crippen LogP contribution < -0.4 is 14.8 Å². The lowest BCUT2D eigenvalue weighted by molar-refractivity contribution is -0.179. The summed E-state index contributed by atoms with van der Waals surface area (Å²) in [5.74, 6) is -4.16. The Bertz CT molecular complexity index is 1390. The molecule has 0 unspecified atom stereocenters. The molecule has 13 heteroatoms. The van der Waals surface area contributed by atoms with Gasteiger partial charge >= 0.3 is 17.9 Å². The first-order valence-corrected chi connectivity index (χ1v) is 14.9. The Morgan fingerprint density at radius 3 is 2.48 bits per heavy atom. The van der Waals surface area contributed by atoms with Gasteiger partial charge in [0.1, 0.15) is 11.8 Å². The largest absolute Gasteiger partial charge is 0.493 e. The van der Waals surface area contributed by atoms with E-state index in [1.807, 2.05) is 6.07 Å². The maximum absolute atomic E-state index is 13.0. The summed E-state index contributed by atoms with van der Waals surface area (Å²) in [6.45, 7) is 4.71. The van der Waals surface area contributed by atoms with Crippen molar-refractivity contribution in [3.63, 3.8) is 0 Å². The van der Waals surface area contributed by atoms with E-state index < -0.39 is 65.3 Å². The number of ether oxygens (including phenoxy) is 4. The van der Waals surface area contributed by atoms with Crippen LogP contribution in [-0.4, -0.2) is 87.4 Å². The number of aliphatic hydroxyl groups excluding tert-OH is 2. The molecule has 0 aromatic heterocycles. The van der Waals surface area contributed by atoms with Crippen LogP contribution in [0, 0.1) is 11.8 Å². The average Bonchev–Trinajstić information content (AvgIpc) is 3.32. The van der Waals surface area contributed by atoms with Gasteiger partial charge in [-0.25, -0.2) is 14.4 Å². The molecule has 5 rings (SSSR count). The van der Waals surface area contributed by atoms with Gasteiger partial charge in [-0.2, -0.15) is 0 Å². The molecule has 1 aromatic rings. The lowest BCUT2D eigenvalue weighted by Crippen LogP contribution is -2.67. The zero-order valence-corrected chi connectivity index (χ0v) is 25.1. The summed E-state index contributed by atoms with van der Waals surface area (Å²) >= 11 is 0. The second-order valence-corrected chi connectivity index (χ2v) is 12.5. The highest BCUT2D eigenvalue weighted by atomic mass is 16.6. The minimum Gasteiger partial charge on any atom is -0.493 e. The molecule has 0 saturated heterocycles. The molecular weight excluding hydrogens is 578 g/mol. The number of nitrogens with one attached hydrogen (secondary N) is 1. The molecule has 44 heavy (non-hydrogen) atoms. The summed E-state index contributed by atoms with van der Waals surface area (Å²) in [4.78, 5) is 49.5. The number of carboxylic acid groups (broad SMARTS) is 1. The second-order valence-electron chi connectivity index (χ2n) is 12.5. The van der Waals surface area contributed by atoms with E-state index in [-0.39, 0.29) is 30.4 Å². The number of hydrogen-bond donors (Lipinski definition) is 5. The summed E-state index contributed by atoms with van der Waals surface area (Å²) in [7, 11) is 1.51. The molecule has 1 fully saturated rings. The Morgan fingerprint density at radius 2 is 1.82 bits per heavy atom. The van der Waals surface area contributed by atoms with Crippen molar-refractivity contribution in [1.29, 1.82) is 0 Å². The number of aliphatic hydroxyl groups is 3.